The van der Waals surface area contributed by atoms with Gasteiger partial charge in [-0.15, -0.1) is 24.0 Å². The van der Waals surface area contributed by atoms with Crippen LogP contribution in [0.1, 0.15) is 29.3 Å². The third-order valence-corrected chi connectivity index (χ3v) is 3.96. The van der Waals surface area contributed by atoms with Gasteiger partial charge in [0.15, 0.2) is 5.96 Å². The van der Waals surface area contributed by atoms with E-state index in [0.717, 1.165) is 18.4 Å². The Hall–Kier alpha value is -1.88. The first-order valence-corrected chi connectivity index (χ1v) is 9.59. The van der Waals surface area contributed by atoms with Crippen LogP contribution in [0.2, 0.25) is 0 Å². The van der Waals surface area contributed by atoms with E-state index in [1.807, 2.05) is 25.1 Å². The molecule has 0 fully saturated rings. The van der Waals surface area contributed by atoms with Gasteiger partial charge in [-0.1, -0.05) is 12.1 Å². The van der Waals surface area contributed by atoms with Gasteiger partial charge in [-0.25, -0.2) is 4.99 Å². The summed E-state index contributed by atoms with van der Waals surface area (Å²) in [5.74, 6) is 0.429. The summed E-state index contributed by atoms with van der Waals surface area (Å²) in [4.78, 5) is 29.4. The quantitative estimate of drug-likeness (QED) is 0.177. The second-order valence-corrected chi connectivity index (χ2v) is 6.39. The zero-order valence-electron chi connectivity index (χ0n) is 17.8. The number of benzene rings is 1. The summed E-state index contributed by atoms with van der Waals surface area (Å²) in [6, 6.07) is 7.52. The number of likely N-dealkylation sites (N-methyl/N-ethyl adjacent to an activating group) is 1. The number of amides is 2. The molecule has 0 atom stereocenters. The lowest BCUT2D eigenvalue weighted by Gasteiger charge is -2.14. The summed E-state index contributed by atoms with van der Waals surface area (Å²) >= 11 is 0. The molecule has 0 spiro atoms. The maximum atomic E-state index is 11.8. The number of hydrogen-bond donors (Lipinski definition) is 3. The van der Waals surface area contributed by atoms with Gasteiger partial charge in [-0.05, 0) is 37.5 Å². The number of rotatable bonds is 11. The third-order valence-electron chi connectivity index (χ3n) is 3.96. The Labute approximate surface area is 190 Å². The fourth-order valence-corrected chi connectivity index (χ4v) is 2.33. The molecule has 0 bridgehead atoms. The molecule has 2 amide bonds. The molecule has 3 N–H and O–H groups in total. The van der Waals surface area contributed by atoms with Crippen LogP contribution in [-0.4, -0.2) is 76.7 Å². The zero-order valence-corrected chi connectivity index (χ0v) is 20.1. The molecule has 0 unspecified atom stereocenters. The molecular formula is C20H34IN5O3. The molecule has 0 radical (unpaired) electrons. The molecule has 8 nitrogen and oxygen atoms in total. The van der Waals surface area contributed by atoms with E-state index in [0.29, 0.717) is 37.8 Å². The smallest absolute Gasteiger partial charge is 0.251 e. The first kappa shape index (κ1) is 27.1. The molecule has 164 valence electrons. The molecule has 0 aromatic heterocycles. The first-order chi connectivity index (χ1) is 13.5. The van der Waals surface area contributed by atoms with Crippen LogP contribution in [0.5, 0.6) is 0 Å². The lowest BCUT2D eigenvalue weighted by Crippen LogP contribution is -2.40. The minimum Gasteiger partial charge on any atom is -0.382 e. The van der Waals surface area contributed by atoms with Crippen molar-refractivity contribution in [3.05, 3.63) is 35.4 Å². The fourth-order valence-electron chi connectivity index (χ4n) is 2.33. The van der Waals surface area contributed by atoms with Crippen LogP contribution in [0.3, 0.4) is 0 Å². The average Bonchev–Trinajstić information content (AvgIpc) is 2.70. The lowest BCUT2D eigenvalue weighted by molar-refractivity contribution is -0.127. The highest BCUT2D eigenvalue weighted by Gasteiger charge is 2.06. The van der Waals surface area contributed by atoms with Crippen molar-refractivity contribution in [2.24, 2.45) is 4.99 Å². The average molecular weight is 519 g/mol. The number of nitrogens with one attached hydrogen (secondary N) is 3. The summed E-state index contributed by atoms with van der Waals surface area (Å²) in [6.07, 6.45) is 1.58. The first-order valence-electron chi connectivity index (χ1n) is 9.59. The second-order valence-electron chi connectivity index (χ2n) is 6.39. The van der Waals surface area contributed by atoms with Crippen LogP contribution in [0.15, 0.2) is 29.3 Å². The SMILES string of the molecule is CCOCCCNC(=NCC(=O)N(C)C)NCCc1cccc(C(=O)NC)c1.I. The molecule has 1 rings (SSSR count). The Kier molecular flexibility index (Phi) is 14.9. The number of carbonyl (C=O) groups excluding carboxylic acids is 2. The predicted octanol–water partition coefficient (Wildman–Crippen LogP) is 1.26. The zero-order chi connectivity index (χ0) is 20.8. The Morgan fingerprint density at radius 2 is 1.90 bits per heavy atom. The maximum absolute atomic E-state index is 11.8. The largest absolute Gasteiger partial charge is 0.382 e. The number of aliphatic imine (C=N–C) groups is 1. The second kappa shape index (κ2) is 16.0. The van der Waals surface area contributed by atoms with Crippen molar-refractivity contribution in [2.45, 2.75) is 19.8 Å². The van der Waals surface area contributed by atoms with Crippen LogP contribution in [0.25, 0.3) is 0 Å². The normalized spacial score (nSPS) is 10.7. The van der Waals surface area contributed by atoms with Crippen LogP contribution >= 0.6 is 24.0 Å². The van der Waals surface area contributed by atoms with E-state index in [4.69, 9.17) is 4.74 Å². The molecule has 0 saturated heterocycles. The van der Waals surface area contributed by atoms with E-state index in [1.165, 1.54) is 4.90 Å². The van der Waals surface area contributed by atoms with Gasteiger partial charge >= 0.3 is 0 Å². The number of nitrogens with zero attached hydrogens (tertiary/aromatic N) is 2. The molecule has 0 heterocycles. The van der Waals surface area contributed by atoms with Crippen molar-refractivity contribution in [1.82, 2.24) is 20.9 Å². The van der Waals surface area contributed by atoms with Crippen LogP contribution in [-0.2, 0) is 16.0 Å². The monoisotopic (exact) mass is 519 g/mol. The van der Waals surface area contributed by atoms with Gasteiger partial charge in [-0.2, -0.15) is 0 Å². The molecule has 0 aliphatic rings. The molecule has 0 saturated carbocycles. The van der Waals surface area contributed by atoms with Crippen LogP contribution < -0.4 is 16.0 Å². The van der Waals surface area contributed by atoms with Gasteiger partial charge in [0.25, 0.3) is 5.91 Å². The van der Waals surface area contributed by atoms with Gasteiger partial charge in [0, 0.05) is 53.0 Å². The number of ether oxygens (including phenoxy) is 1. The van der Waals surface area contributed by atoms with E-state index in [-0.39, 0.29) is 42.3 Å². The van der Waals surface area contributed by atoms with E-state index in [1.54, 1.807) is 27.2 Å². The minimum absolute atomic E-state index is 0. The van der Waals surface area contributed by atoms with Gasteiger partial charge < -0.3 is 25.6 Å². The van der Waals surface area contributed by atoms with Crippen LogP contribution in [0, 0.1) is 0 Å². The Morgan fingerprint density at radius 1 is 1.17 bits per heavy atom. The van der Waals surface area contributed by atoms with Gasteiger partial charge in [0.2, 0.25) is 5.91 Å². The standard InChI is InChI=1S/C20H33N5O3.HI/c1-5-28-13-7-11-22-20(24-15-18(26)25(3)4)23-12-10-16-8-6-9-17(14-16)19(27)21-2;/h6,8-9,14H,5,7,10-13,15H2,1-4H3,(H,21,27)(H2,22,23,24);1H. The number of carbonyl (C=O) groups is 2. The number of guanidine groups is 1. The molecule has 0 aliphatic carbocycles. The summed E-state index contributed by atoms with van der Waals surface area (Å²) in [6.45, 7) is 4.76. The highest BCUT2D eigenvalue weighted by atomic mass is 127. The maximum Gasteiger partial charge on any atom is 0.251 e. The van der Waals surface area contributed by atoms with Crippen molar-refractivity contribution in [3.63, 3.8) is 0 Å². The molecule has 29 heavy (non-hydrogen) atoms. The Balaban J connectivity index is 0.00000784. The molecule has 1 aromatic carbocycles. The summed E-state index contributed by atoms with van der Waals surface area (Å²) in [7, 11) is 5.03. The fraction of sp³-hybridized carbons (Fsp3) is 0.550. The molecule has 9 heteroatoms. The highest BCUT2D eigenvalue weighted by Crippen LogP contribution is 2.05. The molecule has 0 aliphatic heterocycles. The highest BCUT2D eigenvalue weighted by molar-refractivity contribution is 14.0. The summed E-state index contributed by atoms with van der Waals surface area (Å²) in [5.41, 5.74) is 1.69. The van der Waals surface area contributed by atoms with Crippen molar-refractivity contribution in [1.29, 1.82) is 0 Å². The Bertz CT molecular complexity index is 653. The minimum atomic E-state index is -0.102. The van der Waals surface area contributed by atoms with E-state index in [2.05, 4.69) is 20.9 Å². The van der Waals surface area contributed by atoms with Gasteiger partial charge in [0.1, 0.15) is 6.54 Å². The third kappa shape index (κ3) is 11.6. The summed E-state index contributed by atoms with van der Waals surface area (Å²) in [5, 5.41) is 9.09. The van der Waals surface area contributed by atoms with Crippen molar-refractivity contribution in [3.8, 4) is 0 Å². The van der Waals surface area contributed by atoms with Crippen molar-refractivity contribution < 1.29 is 14.3 Å². The van der Waals surface area contributed by atoms with Crippen molar-refractivity contribution in [2.75, 3.05) is 54.0 Å². The van der Waals surface area contributed by atoms with Crippen LogP contribution in [0.4, 0.5) is 0 Å². The van der Waals surface area contributed by atoms with E-state index >= 15 is 0 Å². The molecular weight excluding hydrogens is 485 g/mol. The Morgan fingerprint density at radius 3 is 2.55 bits per heavy atom. The van der Waals surface area contributed by atoms with E-state index < -0.39 is 0 Å². The van der Waals surface area contributed by atoms with Gasteiger partial charge in [-0.3, -0.25) is 9.59 Å². The van der Waals surface area contributed by atoms with E-state index in [9.17, 15) is 9.59 Å². The summed E-state index contributed by atoms with van der Waals surface area (Å²) < 4.78 is 5.33. The lowest BCUT2D eigenvalue weighted by atomic mass is 10.1. The van der Waals surface area contributed by atoms with Gasteiger partial charge in [0.05, 0.1) is 0 Å². The topological polar surface area (TPSA) is 95.1 Å². The van der Waals surface area contributed by atoms with Crippen molar-refractivity contribution >= 4 is 41.8 Å². The number of hydrogen-bond acceptors (Lipinski definition) is 4. The molecule has 1 aromatic rings. The predicted molar refractivity (Wildman–Crippen MR) is 127 cm³/mol. The number of halogens is 1.